The van der Waals surface area contributed by atoms with Crippen molar-refractivity contribution in [2.24, 2.45) is 5.41 Å². The van der Waals surface area contributed by atoms with Gasteiger partial charge in [-0.3, -0.25) is 10.0 Å². The van der Waals surface area contributed by atoms with Crippen molar-refractivity contribution in [3.8, 4) is 11.5 Å². The predicted molar refractivity (Wildman–Crippen MR) is 101 cm³/mol. The highest BCUT2D eigenvalue weighted by Gasteiger charge is 2.79. The molecule has 1 aromatic carbocycles. The molecule has 8 heteroatoms. The highest BCUT2D eigenvalue weighted by molar-refractivity contribution is 5.67. The summed E-state index contributed by atoms with van der Waals surface area (Å²) in [6.45, 7) is 0.615. The van der Waals surface area contributed by atoms with Crippen LogP contribution in [0.25, 0.3) is 0 Å². The number of methoxy groups -OCH3 is 2. The summed E-state index contributed by atoms with van der Waals surface area (Å²) >= 11 is 0. The van der Waals surface area contributed by atoms with Crippen LogP contribution in [0.2, 0.25) is 0 Å². The largest absolute Gasteiger partial charge is 0.762 e. The first-order chi connectivity index (χ1) is 14.0. The van der Waals surface area contributed by atoms with Crippen LogP contribution in [0, 0.1) is 10.6 Å². The number of benzene rings is 1. The lowest BCUT2D eigenvalue weighted by atomic mass is 9.38. The minimum absolute atomic E-state index is 0.0156. The maximum Gasteiger partial charge on any atom is 0.209 e. The third-order valence-corrected chi connectivity index (χ3v) is 8.42. The molecule has 1 N–H and O–H groups in total. The van der Waals surface area contributed by atoms with Gasteiger partial charge in [-0.1, -0.05) is 18.2 Å². The Morgan fingerprint density at radius 1 is 1.38 bits per heavy atom. The zero-order valence-electron chi connectivity index (χ0n) is 16.3. The van der Waals surface area contributed by atoms with Crippen molar-refractivity contribution < 1.29 is 24.2 Å². The fourth-order valence-electron chi connectivity index (χ4n) is 7.36. The van der Waals surface area contributed by atoms with Crippen LogP contribution < -0.4 is 9.47 Å². The van der Waals surface area contributed by atoms with Gasteiger partial charge in [0, 0.05) is 30.7 Å². The summed E-state index contributed by atoms with van der Waals surface area (Å²) in [5.41, 5.74) is 0.231. The first-order valence-electron chi connectivity index (χ1n) is 9.98. The minimum Gasteiger partial charge on any atom is -0.762 e. The lowest BCUT2D eigenvalue weighted by Gasteiger charge is -2.71. The molecule has 6 aliphatic rings. The predicted octanol–water partition coefficient (Wildman–Crippen LogP) is 1.38. The van der Waals surface area contributed by atoms with Crippen molar-refractivity contribution in [2.75, 3.05) is 20.8 Å². The average Bonchev–Trinajstić information content (AvgIpc) is 3.10. The van der Waals surface area contributed by atoms with Gasteiger partial charge in [0.05, 0.1) is 18.6 Å². The quantitative estimate of drug-likeness (QED) is 0.464. The van der Waals surface area contributed by atoms with E-state index >= 15 is 0 Å². The van der Waals surface area contributed by atoms with E-state index in [0.717, 1.165) is 17.5 Å². The number of likely N-dealkylation sites (tertiary alicyclic amines) is 1. The van der Waals surface area contributed by atoms with Gasteiger partial charge in [-0.05, 0) is 30.9 Å². The molecule has 1 saturated heterocycles. The molecule has 2 fully saturated rings. The van der Waals surface area contributed by atoms with Crippen molar-refractivity contribution in [3.05, 3.63) is 40.6 Å². The highest BCUT2D eigenvalue weighted by Crippen LogP contribution is 2.73. The first kappa shape index (κ1) is 17.7. The van der Waals surface area contributed by atoms with Gasteiger partial charge < -0.3 is 29.5 Å². The Labute approximate surface area is 168 Å². The van der Waals surface area contributed by atoms with Crippen LogP contribution in [0.15, 0.2) is 24.3 Å². The van der Waals surface area contributed by atoms with Crippen LogP contribution in [0.5, 0.6) is 11.5 Å². The molecule has 0 radical (unpaired) electrons. The van der Waals surface area contributed by atoms with E-state index in [9.17, 15) is 15.2 Å². The van der Waals surface area contributed by atoms with E-state index in [1.807, 2.05) is 17.0 Å². The molecule has 2 aliphatic heterocycles. The topological polar surface area (TPSA) is 94.5 Å². The summed E-state index contributed by atoms with van der Waals surface area (Å²) in [6.07, 6.45) is 6.20. The fourth-order valence-corrected chi connectivity index (χ4v) is 7.36. The minimum atomic E-state index is -1.09. The maximum atomic E-state index is 12.3. The summed E-state index contributed by atoms with van der Waals surface area (Å²) in [7, 11) is 3.17. The van der Waals surface area contributed by atoms with Gasteiger partial charge in [-0.2, -0.15) is 0 Å². The SMILES string of the molecule is COc1ccc2c3c1O[C@H]1[C@@]4(OC)C=C[C@@]5(C[C@@H]4N([O-])O)[C@H](C2)N(C=O)CC[C@]315. The Morgan fingerprint density at radius 2 is 2.21 bits per heavy atom. The maximum absolute atomic E-state index is 12.3. The molecule has 2 heterocycles. The summed E-state index contributed by atoms with van der Waals surface area (Å²) < 4.78 is 18.2. The second-order valence-electron chi connectivity index (χ2n) is 8.87. The molecule has 6 atom stereocenters. The number of hydrogen-bond donors (Lipinski definition) is 1. The molecule has 1 saturated carbocycles. The normalized spacial score (nSPS) is 42.7. The van der Waals surface area contributed by atoms with Crippen molar-refractivity contribution >= 4 is 6.41 Å². The van der Waals surface area contributed by atoms with Gasteiger partial charge in [0.2, 0.25) is 6.41 Å². The van der Waals surface area contributed by atoms with Gasteiger partial charge >= 0.3 is 0 Å². The van der Waals surface area contributed by atoms with E-state index in [-0.39, 0.29) is 11.3 Å². The van der Waals surface area contributed by atoms with Crippen molar-refractivity contribution in [3.63, 3.8) is 0 Å². The molecule has 0 aromatic heterocycles. The zero-order chi connectivity index (χ0) is 20.2. The molecule has 4 bridgehead atoms. The van der Waals surface area contributed by atoms with Crippen molar-refractivity contribution in [1.82, 2.24) is 10.1 Å². The second-order valence-corrected chi connectivity index (χ2v) is 8.87. The van der Waals surface area contributed by atoms with E-state index in [1.54, 1.807) is 14.2 Å². The number of hydroxylamine groups is 2. The molecule has 29 heavy (non-hydrogen) atoms. The van der Waals surface area contributed by atoms with E-state index in [0.29, 0.717) is 37.3 Å². The first-order valence-corrected chi connectivity index (χ1v) is 9.98. The smallest absolute Gasteiger partial charge is 0.209 e. The molecule has 2 spiro atoms. The standard InChI is InChI=1S/C21H23N2O6/c1-27-13-4-3-12-9-14-19-5-6-21(28-2,15(10-19)23(25)26)18-20(19,7-8-22(14)11-24)16(12)17(13)29-18/h3-6,11,14-15,18,25H,7-10H2,1-2H3/q-1/t14-,15-,18+,19+,20-,21+/m0/s1. The molecular weight excluding hydrogens is 376 g/mol. The molecule has 1 aromatic rings. The van der Waals surface area contributed by atoms with Crippen molar-refractivity contribution in [1.29, 1.82) is 0 Å². The van der Waals surface area contributed by atoms with Crippen molar-refractivity contribution in [2.45, 2.75) is 48.5 Å². The number of piperidine rings is 1. The van der Waals surface area contributed by atoms with Gasteiger partial charge in [0.15, 0.2) is 11.5 Å². The van der Waals surface area contributed by atoms with Crippen LogP contribution in [0.4, 0.5) is 0 Å². The second kappa shape index (κ2) is 5.31. The van der Waals surface area contributed by atoms with Crippen LogP contribution in [0.1, 0.15) is 24.0 Å². The Bertz CT molecular complexity index is 949. The van der Waals surface area contributed by atoms with E-state index in [2.05, 4.69) is 12.1 Å². The van der Waals surface area contributed by atoms with E-state index in [1.165, 1.54) is 0 Å². The third-order valence-electron chi connectivity index (χ3n) is 8.42. The van der Waals surface area contributed by atoms with Gasteiger partial charge in [0.1, 0.15) is 11.7 Å². The Kier molecular flexibility index (Phi) is 3.24. The van der Waals surface area contributed by atoms with Gasteiger partial charge in [-0.25, -0.2) is 0 Å². The van der Waals surface area contributed by atoms with Gasteiger partial charge in [-0.15, -0.1) is 0 Å². The zero-order valence-corrected chi connectivity index (χ0v) is 16.3. The Hall–Kier alpha value is -2.13. The average molecular weight is 399 g/mol. The Morgan fingerprint density at radius 3 is 2.90 bits per heavy atom. The monoisotopic (exact) mass is 399 g/mol. The molecule has 8 nitrogen and oxygen atoms in total. The fraction of sp³-hybridized carbons (Fsp3) is 0.571. The van der Waals surface area contributed by atoms with Crippen LogP contribution in [-0.4, -0.2) is 66.3 Å². The number of nitrogens with zero attached hydrogens (tertiary/aromatic N) is 2. The van der Waals surface area contributed by atoms with E-state index in [4.69, 9.17) is 14.2 Å². The molecule has 7 rings (SSSR count). The molecule has 0 unspecified atom stereocenters. The molecule has 4 aliphatic carbocycles. The lowest BCUT2D eigenvalue weighted by Crippen LogP contribution is -2.81. The Balaban J connectivity index is 1.70. The number of carbonyl (C=O) groups excluding carboxylic acids is 1. The van der Waals surface area contributed by atoms with Crippen LogP contribution >= 0.6 is 0 Å². The van der Waals surface area contributed by atoms with Crippen LogP contribution in [0.3, 0.4) is 0 Å². The summed E-state index contributed by atoms with van der Waals surface area (Å²) in [5, 5.41) is 22.3. The summed E-state index contributed by atoms with van der Waals surface area (Å²) in [5.74, 6) is 1.36. The molecule has 1 amide bonds. The number of rotatable bonds is 4. The lowest BCUT2D eigenvalue weighted by molar-refractivity contribution is -0.250. The van der Waals surface area contributed by atoms with Gasteiger partial charge in [0.25, 0.3) is 0 Å². The molecular formula is C21H23N2O6-. The highest BCUT2D eigenvalue weighted by atomic mass is 16.8. The number of amides is 1. The molecule has 154 valence electrons. The number of fused-ring (bicyclic) bond motifs is 1. The number of hydrogen-bond acceptors (Lipinski definition) is 7. The summed E-state index contributed by atoms with van der Waals surface area (Å²) in [4.78, 5) is 13.8. The van der Waals surface area contributed by atoms with Crippen LogP contribution in [-0.2, 0) is 21.4 Å². The number of carbonyl (C=O) groups is 1. The summed E-state index contributed by atoms with van der Waals surface area (Å²) in [6, 6.07) is 3.03. The number of ether oxygens (including phenoxy) is 3. The third kappa shape index (κ3) is 1.64. The van der Waals surface area contributed by atoms with E-state index < -0.39 is 28.6 Å².